The minimum absolute atomic E-state index is 0.0848. The number of thiophene rings is 2. The lowest BCUT2D eigenvalue weighted by Gasteiger charge is -2.30. The Morgan fingerprint density at radius 3 is 2.62 bits per heavy atom. The van der Waals surface area contributed by atoms with E-state index in [1.165, 1.54) is 36.1 Å². The lowest BCUT2D eigenvalue weighted by Crippen LogP contribution is -2.42. The number of amides is 2. The highest BCUT2D eigenvalue weighted by atomic mass is 32.1. The number of carbonyl (C=O) groups is 1. The lowest BCUT2D eigenvalue weighted by atomic mass is 10.1. The van der Waals surface area contributed by atoms with E-state index in [0.29, 0.717) is 13.1 Å². The fourth-order valence-electron chi connectivity index (χ4n) is 3.16. The molecule has 4 nitrogen and oxygen atoms in total. The van der Waals surface area contributed by atoms with Gasteiger partial charge >= 0.3 is 6.03 Å². The molecule has 130 valence electrons. The summed E-state index contributed by atoms with van der Waals surface area (Å²) in [5.41, 5.74) is 1.32. The predicted octanol–water partition coefficient (Wildman–Crippen LogP) is 4.23. The summed E-state index contributed by atoms with van der Waals surface area (Å²) in [5.74, 6) is 0. The Kier molecular flexibility index (Phi) is 6.69. The fourth-order valence-corrected chi connectivity index (χ4v) is 4.51. The van der Waals surface area contributed by atoms with Crippen molar-refractivity contribution in [2.45, 2.75) is 38.3 Å². The zero-order valence-electron chi connectivity index (χ0n) is 13.9. The summed E-state index contributed by atoms with van der Waals surface area (Å²) >= 11 is 3.39. The van der Waals surface area contributed by atoms with Crippen LogP contribution in [0.25, 0.3) is 0 Å². The van der Waals surface area contributed by atoms with E-state index in [9.17, 15) is 4.79 Å². The van der Waals surface area contributed by atoms with Crippen LogP contribution in [-0.2, 0) is 6.54 Å². The summed E-state index contributed by atoms with van der Waals surface area (Å²) in [6.45, 7) is 3.50. The molecule has 6 heteroatoms. The number of likely N-dealkylation sites (tertiary alicyclic amines) is 1. The van der Waals surface area contributed by atoms with Crippen molar-refractivity contribution in [3.05, 3.63) is 44.8 Å². The smallest absolute Gasteiger partial charge is 0.315 e. The molecule has 1 fully saturated rings. The molecule has 2 aromatic rings. The summed E-state index contributed by atoms with van der Waals surface area (Å²) in [6.07, 6.45) is 5.15. The normalized spacial score (nSPS) is 17.2. The van der Waals surface area contributed by atoms with Crippen LogP contribution in [0.4, 0.5) is 4.79 Å². The first-order valence-electron chi connectivity index (χ1n) is 8.63. The van der Waals surface area contributed by atoms with Crippen LogP contribution in [0, 0.1) is 0 Å². The van der Waals surface area contributed by atoms with Gasteiger partial charge in [0.2, 0.25) is 0 Å². The molecule has 3 heterocycles. The highest BCUT2D eigenvalue weighted by Crippen LogP contribution is 2.25. The Hall–Kier alpha value is -1.37. The second kappa shape index (κ2) is 9.20. The van der Waals surface area contributed by atoms with Gasteiger partial charge in [0.1, 0.15) is 0 Å². The van der Waals surface area contributed by atoms with Crippen LogP contribution in [-0.4, -0.2) is 30.6 Å². The van der Waals surface area contributed by atoms with Crippen molar-refractivity contribution in [1.82, 2.24) is 15.5 Å². The predicted molar refractivity (Wildman–Crippen MR) is 102 cm³/mol. The molecule has 2 N–H and O–H groups in total. The largest absolute Gasteiger partial charge is 0.336 e. The van der Waals surface area contributed by atoms with Gasteiger partial charge in [0.05, 0.1) is 12.6 Å². The maximum Gasteiger partial charge on any atom is 0.315 e. The summed E-state index contributed by atoms with van der Waals surface area (Å²) in [7, 11) is 0. The number of hydrogen-bond donors (Lipinski definition) is 2. The average molecular weight is 364 g/mol. The minimum atomic E-state index is -0.0848. The van der Waals surface area contributed by atoms with E-state index in [0.717, 1.165) is 13.1 Å². The van der Waals surface area contributed by atoms with Crippen molar-refractivity contribution in [2.75, 3.05) is 19.6 Å². The minimum Gasteiger partial charge on any atom is -0.336 e. The quantitative estimate of drug-likeness (QED) is 0.807. The monoisotopic (exact) mass is 363 g/mol. The van der Waals surface area contributed by atoms with Gasteiger partial charge in [-0.15, -0.1) is 11.3 Å². The van der Waals surface area contributed by atoms with Crippen LogP contribution in [0.5, 0.6) is 0 Å². The zero-order valence-corrected chi connectivity index (χ0v) is 15.5. The van der Waals surface area contributed by atoms with E-state index in [1.807, 2.05) is 17.5 Å². The lowest BCUT2D eigenvalue weighted by molar-refractivity contribution is 0.196. The number of urea groups is 1. The third-order valence-corrected chi connectivity index (χ3v) is 6.05. The molecule has 0 spiro atoms. The highest BCUT2D eigenvalue weighted by molar-refractivity contribution is 7.09. The Morgan fingerprint density at radius 1 is 1.12 bits per heavy atom. The van der Waals surface area contributed by atoms with Crippen LogP contribution in [0.15, 0.2) is 34.3 Å². The van der Waals surface area contributed by atoms with Crippen molar-refractivity contribution in [2.24, 2.45) is 0 Å². The maximum atomic E-state index is 12.1. The number of rotatable bonds is 6. The molecule has 2 aromatic heterocycles. The zero-order chi connectivity index (χ0) is 16.6. The number of nitrogens with one attached hydrogen (secondary N) is 2. The first-order valence-corrected chi connectivity index (χ1v) is 10.5. The number of carbonyl (C=O) groups excluding carboxylic acids is 1. The molecule has 1 atom stereocenters. The molecular formula is C18H25N3OS2. The van der Waals surface area contributed by atoms with Gasteiger partial charge in [-0.2, -0.15) is 11.3 Å². The number of hydrogen-bond acceptors (Lipinski definition) is 4. The second-order valence-electron chi connectivity index (χ2n) is 6.17. The van der Waals surface area contributed by atoms with Crippen molar-refractivity contribution < 1.29 is 4.79 Å². The van der Waals surface area contributed by atoms with Gasteiger partial charge in [0.25, 0.3) is 0 Å². The maximum absolute atomic E-state index is 12.1. The third-order valence-electron chi connectivity index (χ3n) is 4.47. The molecule has 1 aliphatic rings. The van der Waals surface area contributed by atoms with Gasteiger partial charge < -0.3 is 10.6 Å². The van der Waals surface area contributed by atoms with E-state index in [4.69, 9.17) is 0 Å². The van der Waals surface area contributed by atoms with E-state index in [-0.39, 0.29) is 12.1 Å². The van der Waals surface area contributed by atoms with Gasteiger partial charge in [0.15, 0.2) is 0 Å². The first-order chi connectivity index (χ1) is 11.8. The Balaban J connectivity index is 1.54. The molecule has 0 saturated carbocycles. The summed E-state index contributed by atoms with van der Waals surface area (Å²) in [6, 6.07) is 6.42. The van der Waals surface area contributed by atoms with E-state index >= 15 is 0 Å². The van der Waals surface area contributed by atoms with E-state index in [1.54, 1.807) is 22.7 Å². The van der Waals surface area contributed by atoms with Gasteiger partial charge in [-0.3, -0.25) is 4.90 Å². The molecule has 2 amide bonds. The van der Waals surface area contributed by atoms with Crippen molar-refractivity contribution in [1.29, 1.82) is 0 Å². The molecule has 1 saturated heterocycles. The SMILES string of the molecule is O=C(NCc1cccs1)NCC(c1ccsc1)N1CCCCCC1. The molecule has 0 aromatic carbocycles. The standard InChI is InChI=1S/C18H25N3OS2/c22-18(19-12-16-6-5-10-24-16)20-13-17(15-7-11-23-14-15)21-8-3-1-2-4-9-21/h5-7,10-11,14,17H,1-4,8-9,12-13H2,(H2,19,20,22). The first kappa shape index (κ1) is 17.5. The highest BCUT2D eigenvalue weighted by Gasteiger charge is 2.22. The van der Waals surface area contributed by atoms with Crippen molar-refractivity contribution in [3.63, 3.8) is 0 Å². The van der Waals surface area contributed by atoms with E-state index in [2.05, 4.69) is 32.4 Å². The third kappa shape index (κ3) is 5.06. The van der Waals surface area contributed by atoms with E-state index < -0.39 is 0 Å². The van der Waals surface area contributed by atoms with Crippen LogP contribution < -0.4 is 10.6 Å². The Bertz CT molecular complexity index is 590. The second-order valence-corrected chi connectivity index (χ2v) is 7.98. The topological polar surface area (TPSA) is 44.4 Å². The summed E-state index contributed by atoms with van der Waals surface area (Å²) < 4.78 is 0. The number of nitrogens with zero attached hydrogens (tertiary/aromatic N) is 1. The molecule has 0 radical (unpaired) electrons. The summed E-state index contributed by atoms with van der Waals surface area (Å²) in [5, 5.41) is 12.4. The van der Waals surface area contributed by atoms with Crippen molar-refractivity contribution in [3.8, 4) is 0 Å². The van der Waals surface area contributed by atoms with Gasteiger partial charge in [0, 0.05) is 11.4 Å². The Labute approximate surface area is 151 Å². The van der Waals surface area contributed by atoms with Gasteiger partial charge in [-0.05, 0) is 59.8 Å². The fraction of sp³-hybridized carbons (Fsp3) is 0.500. The van der Waals surface area contributed by atoms with Crippen LogP contribution in [0.1, 0.15) is 42.2 Å². The Morgan fingerprint density at radius 2 is 1.96 bits per heavy atom. The molecule has 3 rings (SSSR count). The molecule has 0 aliphatic carbocycles. The molecule has 24 heavy (non-hydrogen) atoms. The van der Waals surface area contributed by atoms with Crippen LogP contribution in [0.3, 0.4) is 0 Å². The molecule has 0 bridgehead atoms. The molecule has 1 unspecified atom stereocenters. The van der Waals surface area contributed by atoms with Crippen molar-refractivity contribution >= 4 is 28.7 Å². The summed E-state index contributed by atoms with van der Waals surface area (Å²) in [4.78, 5) is 15.8. The van der Waals surface area contributed by atoms with Gasteiger partial charge in [-0.1, -0.05) is 18.9 Å². The van der Waals surface area contributed by atoms with Crippen LogP contribution in [0.2, 0.25) is 0 Å². The molecule has 1 aliphatic heterocycles. The van der Waals surface area contributed by atoms with Gasteiger partial charge in [-0.25, -0.2) is 4.79 Å². The molecular weight excluding hydrogens is 338 g/mol. The van der Waals surface area contributed by atoms with Crippen LogP contribution >= 0.6 is 22.7 Å². The average Bonchev–Trinajstić information content (AvgIpc) is 3.24.